The van der Waals surface area contributed by atoms with Gasteiger partial charge in [0, 0.05) is 12.0 Å². The minimum atomic E-state index is -0.696. The summed E-state index contributed by atoms with van der Waals surface area (Å²) in [6, 6.07) is 16.2. The van der Waals surface area contributed by atoms with Crippen molar-refractivity contribution in [2.45, 2.75) is 19.0 Å². The topological polar surface area (TPSA) is 93.8 Å². The number of rotatable bonds is 5. The quantitative estimate of drug-likeness (QED) is 0.492. The van der Waals surface area contributed by atoms with Crippen LogP contribution in [0.2, 0.25) is 0 Å². The van der Waals surface area contributed by atoms with Gasteiger partial charge >= 0.3 is 5.76 Å². The van der Waals surface area contributed by atoms with Gasteiger partial charge < -0.3 is 4.42 Å². The van der Waals surface area contributed by atoms with Gasteiger partial charge in [0.05, 0.1) is 16.9 Å². The molecule has 0 bridgehead atoms. The second kappa shape index (κ2) is 7.60. The SMILES string of the molecule is O=C(Cn1c(-c2ccccc2)noc1=O)N1N=C(c2cccs2)CC1c1ccco1. The highest BCUT2D eigenvalue weighted by Gasteiger charge is 2.35. The van der Waals surface area contributed by atoms with Crippen LogP contribution in [0.5, 0.6) is 0 Å². The molecule has 8 nitrogen and oxygen atoms in total. The van der Waals surface area contributed by atoms with Crippen molar-refractivity contribution in [1.82, 2.24) is 14.7 Å². The van der Waals surface area contributed by atoms with Gasteiger partial charge in [-0.1, -0.05) is 41.6 Å². The average Bonchev–Trinajstić information content (AvgIpc) is 3.55. The molecule has 0 radical (unpaired) electrons. The van der Waals surface area contributed by atoms with Crippen molar-refractivity contribution in [3.05, 3.63) is 87.4 Å². The van der Waals surface area contributed by atoms with Crippen LogP contribution in [0.3, 0.4) is 0 Å². The van der Waals surface area contributed by atoms with Gasteiger partial charge in [-0.3, -0.25) is 9.32 Å². The normalized spacial score (nSPS) is 16.1. The predicted octanol–water partition coefficient (Wildman–Crippen LogP) is 3.54. The van der Waals surface area contributed by atoms with Crippen LogP contribution in [-0.4, -0.2) is 26.4 Å². The number of furan rings is 1. The summed E-state index contributed by atoms with van der Waals surface area (Å²) in [6.45, 7) is -0.245. The van der Waals surface area contributed by atoms with Crippen molar-refractivity contribution in [2.24, 2.45) is 5.10 Å². The van der Waals surface area contributed by atoms with Crippen molar-refractivity contribution >= 4 is 23.0 Å². The summed E-state index contributed by atoms with van der Waals surface area (Å²) >= 11 is 1.56. The molecule has 0 saturated carbocycles. The van der Waals surface area contributed by atoms with Crippen molar-refractivity contribution in [3.63, 3.8) is 0 Å². The molecule has 5 rings (SSSR count). The zero-order valence-corrected chi connectivity index (χ0v) is 16.5. The first-order chi connectivity index (χ1) is 14.7. The molecule has 1 aromatic carbocycles. The molecule has 1 aliphatic heterocycles. The van der Waals surface area contributed by atoms with E-state index in [1.165, 1.54) is 9.58 Å². The average molecular weight is 420 g/mol. The molecule has 1 amide bonds. The predicted molar refractivity (Wildman–Crippen MR) is 110 cm³/mol. The van der Waals surface area contributed by atoms with Crippen LogP contribution in [0.1, 0.15) is 23.1 Å². The van der Waals surface area contributed by atoms with Gasteiger partial charge in [-0.2, -0.15) is 5.10 Å². The van der Waals surface area contributed by atoms with Gasteiger partial charge in [-0.05, 0) is 23.6 Å². The lowest BCUT2D eigenvalue weighted by atomic mass is 10.1. The number of amides is 1. The molecule has 4 aromatic rings. The van der Waals surface area contributed by atoms with E-state index in [4.69, 9.17) is 8.94 Å². The van der Waals surface area contributed by atoms with Crippen LogP contribution < -0.4 is 5.76 Å². The van der Waals surface area contributed by atoms with Gasteiger partial charge in [-0.25, -0.2) is 14.4 Å². The maximum Gasteiger partial charge on any atom is 0.442 e. The first kappa shape index (κ1) is 18.3. The zero-order chi connectivity index (χ0) is 20.5. The Morgan fingerprint density at radius 3 is 2.73 bits per heavy atom. The van der Waals surface area contributed by atoms with Gasteiger partial charge in [-0.15, -0.1) is 11.3 Å². The molecule has 3 aromatic heterocycles. The van der Waals surface area contributed by atoms with E-state index in [1.807, 2.05) is 41.8 Å². The number of hydrogen-bond acceptors (Lipinski definition) is 7. The summed E-state index contributed by atoms with van der Waals surface area (Å²) in [5, 5.41) is 11.8. The van der Waals surface area contributed by atoms with Crippen LogP contribution in [0, 0.1) is 0 Å². The number of thiophene rings is 1. The Kier molecular flexibility index (Phi) is 4.64. The summed E-state index contributed by atoms with van der Waals surface area (Å²) in [4.78, 5) is 26.5. The van der Waals surface area contributed by atoms with E-state index in [0.29, 0.717) is 23.6 Å². The molecule has 0 spiro atoms. The summed E-state index contributed by atoms with van der Waals surface area (Å²) in [7, 11) is 0. The molecule has 1 aliphatic rings. The van der Waals surface area contributed by atoms with E-state index >= 15 is 0 Å². The van der Waals surface area contributed by atoms with Crippen LogP contribution in [-0.2, 0) is 11.3 Å². The number of carbonyl (C=O) groups is 1. The van der Waals surface area contributed by atoms with Crippen LogP contribution in [0.25, 0.3) is 11.4 Å². The maximum absolute atomic E-state index is 13.2. The molecule has 1 atom stereocenters. The third-order valence-electron chi connectivity index (χ3n) is 4.85. The Morgan fingerprint density at radius 1 is 1.13 bits per heavy atom. The van der Waals surface area contributed by atoms with Crippen LogP contribution in [0.4, 0.5) is 0 Å². The van der Waals surface area contributed by atoms with E-state index in [9.17, 15) is 9.59 Å². The largest absolute Gasteiger partial charge is 0.467 e. The van der Waals surface area contributed by atoms with Gasteiger partial charge in [0.15, 0.2) is 5.82 Å². The molecular weight excluding hydrogens is 404 g/mol. The molecule has 0 fully saturated rings. The second-order valence-electron chi connectivity index (χ2n) is 6.72. The first-order valence-electron chi connectivity index (χ1n) is 9.29. The summed E-state index contributed by atoms with van der Waals surface area (Å²) in [6.07, 6.45) is 2.10. The number of nitrogens with zero attached hydrogens (tertiary/aromatic N) is 4. The lowest BCUT2D eigenvalue weighted by Gasteiger charge is -2.20. The molecule has 4 heterocycles. The highest BCUT2D eigenvalue weighted by Crippen LogP contribution is 2.34. The van der Waals surface area contributed by atoms with Crippen molar-refractivity contribution in [1.29, 1.82) is 0 Å². The monoisotopic (exact) mass is 420 g/mol. The highest BCUT2D eigenvalue weighted by atomic mass is 32.1. The molecule has 0 saturated heterocycles. The minimum Gasteiger partial charge on any atom is -0.467 e. The third-order valence-corrected chi connectivity index (χ3v) is 5.77. The Hall–Kier alpha value is -3.72. The van der Waals surface area contributed by atoms with E-state index in [-0.39, 0.29) is 18.5 Å². The standard InChI is InChI=1S/C21H16N4O4S/c26-19(13-24-20(23-29-21(24)27)14-6-2-1-3-7-14)25-16(17-8-4-10-28-17)12-15(22-25)18-9-5-11-30-18/h1-11,16H,12-13H2. The van der Waals surface area contributed by atoms with Gasteiger partial charge in [0.1, 0.15) is 18.3 Å². The van der Waals surface area contributed by atoms with Crippen molar-refractivity contribution < 1.29 is 13.7 Å². The van der Waals surface area contributed by atoms with Crippen molar-refractivity contribution in [2.75, 3.05) is 0 Å². The molecule has 0 N–H and O–H groups in total. The van der Waals surface area contributed by atoms with Crippen LogP contribution in [0.15, 0.2) is 85.1 Å². The Labute approximate surface area is 174 Å². The molecule has 1 unspecified atom stereocenters. The van der Waals surface area contributed by atoms with E-state index in [0.717, 1.165) is 10.6 Å². The summed E-state index contributed by atoms with van der Waals surface area (Å²) in [5.74, 6) is -0.117. The third kappa shape index (κ3) is 3.29. The van der Waals surface area contributed by atoms with E-state index < -0.39 is 5.76 Å². The highest BCUT2D eigenvalue weighted by molar-refractivity contribution is 7.12. The fourth-order valence-corrected chi connectivity index (χ4v) is 4.17. The molecular formula is C21H16N4O4S. The molecule has 9 heteroatoms. The maximum atomic E-state index is 13.2. The van der Waals surface area contributed by atoms with Crippen molar-refractivity contribution in [3.8, 4) is 11.4 Å². The smallest absolute Gasteiger partial charge is 0.442 e. The summed E-state index contributed by atoms with van der Waals surface area (Å²) < 4.78 is 11.6. The number of benzene rings is 1. The Balaban J connectivity index is 1.48. The van der Waals surface area contributed by atoms with E-state index in [1.54, 1.807) is 35.8 Å². The number of carbonyl (C=O) groups excluding carboxylic acids is 1. The fraction of sp³-hybridized carbons (Fsp3) is 0.143. The number of hydrazone groups is 1. The Morgan fingerprint density at radius 2 is 2.00 bits per heavy atom. The lowest BCUT2D eigenvalue weighted by molar-refractivity contribution is -0.134. The zero-order valence-electron chi connectivity index (χ0n) is 15.7. The fourth-order valence-electron chi connectivity index (χ4n) is 3.44. The molecule has 30 heavy (non-hydrogen) atoms. The first-order valence-corrected chi connectivity index (χ1v) is 10.2. The van der Waals surface area contributed by atoms with Crippen LogP contribution >= 0.6 is 11.3 Å². The number of aromatic nitrogens is 2. The Bertz CT molecular complexity index is 1240. The lowest BCUT2D eigenvalue weighted by Crippen LogP contribution is -2.33. The summed E-state index contributed by atoms with van der Waals surface area (Å²) in [5.41, 5.74) is 1.49. The number of hydrogen-bond donors (Lipinski definition) is 0. The second-order valence-corrected chi connectivity index (χ2v) is 7.67. The molecule has 150 valence electrons. The van der Waals surface area contributed by atoms with Gasteiger partial charge in [0.25, 0.3) is 5.91 Å². The molecule has 0 aliphatic carbocycles. The van der Waals surface area contributed by atoms with E-state index in [2.05, 4.69) is 10.3 Å². The minimum absolute atomic E-state index is 0.245. The van der Waals surface area contributed by atoms with Gasteiger partial charge in [0.2, 0.25) is 0 Å².